The predicted octanol–water partition coefficient (Wildman–Crippen LogP) is 18.5. The minimum absolute atomic E-state index is 0.127. The highest BCUT2D eigenvalue weighted by Gasteiger charge is 2.47. The molecule has 0 aromatic rings. The number of aliphatic hydroxyl groups is 5. The molecular formula is C74H135NO10. The quantitative estimate of drug-likeness (QED) is 0.0195. The summed E-state index contributed by atoms with van der Waals surface area (Å²) in [5, 5.41) is 57.2. The highest BCUT2D eigenvalue weighted by atomic mass is 16.7. The number of esters is 1. The molecule has 1 heterocycles. The fourth-order valence-corrected chi connectivity index (χ4v) is 11.2. The standard InChI is InChI=1S/C74H135NO10/c1-4-7-10-13-16-19-22-24-26-28-30-31-32-33-34-35-36-38-39-41-43-46-49-52-55-58-61-67(78)73(82)75-65(66(77)60-57-54-51-48-45-21-18-15-12-9-6-3)64-83-74-72(71(81)70(80)68(63-76)84-74)85-69(79)62-59-56-53-50-47-44-42-40-37-29-27-25-23-20-17-14-11-8-5-2/h16,19,24,26,30-31,33-34,57,60,65-68,70-72,74,76-78,80-81H,4-15,17-18,20-23,25,27-29,32,35-56,58-59,61-64H2,1-3H3,(H,75,82)/b19-16-,26-24-,31-30-,34-33-,60-57+. The van der Waals surface area contributed by atoms with Gasteiger partial charge in [0, 0.05) is 6.42 Å². The third-order valence-electron chi connectivity index (χ3n) is 16.9. The van der Waals surface area contributed by atoms with Crippen molar-refractivity contribution in [3.05, 3.63) is 60.8 Å². The summed E-state index contributed by atoms with van der Waals surface area (Å²) in [5.41, 5.74) is 0. The van der Waals surface area contributed by atoms with Crippen LogP contribution in [0.5, 0.6) is 0 Å². The van der Waals surface area contributed by atoms with Crippen LogP contribution in [-0.4, -0.2) is 99.6 Å². The molecule has 85 heavy (non-hydrogen) atoms. The normalized spacial score (nSPS) is 18.7. The first kappa shape index (κ1) is 80.4. The van der Waals surface area contributed by atoms with Crippen LogP contribution in [0.4, 0.5) is 0 Å². The van der Waals surface area contributed by atoms with Crippen LogP contribution in [0.3, 0.4) is 0 Å². The molecule has 8 atom stereocenters. The van der Waals surface area contributed by atoms with E-state index >= 15 is 0 Å². The first-order valence-electron chi connectivity index (χ1n) is 36.1. The molecule has 0 bridgehead atoms. The second kappa shape index (κ2) is 61.6. The van der Waals surface area contributed by atoms with Crippen molar-refractivity contribution in [2.45, 2.75) is 384 Å². The lowest BCUT2D eigenvalue weighted by molar-refractivity contribution is -0.305. The van der Waals surface area contributed by atoms with Gasteiger partial charge < -0.3 is 45.1 Å². The number of carbonyl (C=O) groups excluding carboxylic acids is 2. The van der Waals surface area contributed by atoms with Crippen LogP contribution in [0.2, 0.25) is 0 Å². The zero-order valence-electron chi connectivity index (χ0n) is 55.2. The minimum Gasteiger partial charge on any atom is -0.454 e. The molecule has 0 aromatic carbocycles. The molecule has 1 aliphatic heterocycles. The minimum atomic E-state index is -1.61. The summed E-state index contributed by atoms with van der Waals surface area (Å²) in [7, 11) is 0. The van der Waals surface area contributed by atoms with E-state index in [0.29, 0.717) is 12.8 Å². The maximum atomic E-state index is 13.5. The van der Waals surface area contributed by atoms with Crippen LogP contribution in [0.15, 0.2) is 60.8 Å². The average molecular weight is 1200 g/mol. The van der Waals surface area contributed by atoms with E-state index in [1.807, 2.05) is 6.08 Å². The van der Waals surface area contributed by atoms with Crippen LogP contribution < -0.4 is 5.32 Å². The van der Waals surface area contributed by atoms with Crippen molar-refractivity contribution in [3.63, 3.8) is 0 Å². The van der Waals surface area contributed by atoms with E-state index in [-0.39, 0.29) is 19.4 Å². The topological polar surface area (TPSA) is 175 Å². The average Bonchev–Trinajstić information content (AvgIpc) is 3.59. The molecule has 6 N–H and O–H groups in total. The maximum Gasteiger partial charge on any atom is 0.306 e. The van der Waals surface area contributed by atoms with Crippen LogP contribution in [-0.2, 0) is 23.8 Å². The SMILES string of the molecule is CCCCC/C=C\C/C=C\C/C=C\C/C=C\CCCCCCCCCCCCC(O)C(=O)NC(COC1OC(CO)C(O)C(O)C1OC(=O)CCCCCCCCCCCCCCCCCCCCC)C(O)/C=C/CCCCCCCCCCC. The molecule has 8 unspecified atom stereocenters. The Kier molecular flexibility index (Phi) is 58.2. The molecule has 1 fully saturated rings. The second-order valence-corrected chi connectivity index (χ2v) is 25.0. The Balaban J connectivity index is 2.54. The van der Waals surface area contributed by atoms with Gasteiger partial charge in [0.2, 0.25) is 5.91 Å². The van der Waals surface area contributed by atoms with Gasteiger partial charge in [-0.2, -0.15) is 0 Å². The van der Waals surface area contributed by atoms with Crippen LogP contribution in [0, 0.1) is 0 Å². The summed E-state index contributed by atoms with van der Waals surface area (Å²) in [4.78, 5) is 26.7. The monoisotopic (exact) mass is 1200 g/mol. The molecule has 1 amide bonds. The van der Waals surface area contributed by atoms with Gasteiger partial charge in [-0.1, -0.05) is 319 Å². The van der Waals surface area contributed by atoms with Crippen molar-refractivity contribution in [2.75, 3.05) is 13.2 Å². The molecular weight excluding hydrogens is 1060 g/mol. The van der Waals surface area contributed by atoms with Crippen molar-refractivity contribution in [3.8, 4) is 0 Å². The number of hydrogen-bond acceptors (Lipinski definition) is 10. The van der Waals surface area contributed by atoms with Crippen molar-refractivity contribution < 1.29 is 49.3 Å². The fourth-order valence-electron chi connectivity index (χ4n) is 11.2. The lowest BCUT2D eigenvalue weighted by Crippen LogP contribution is -2.61. The molecule has 11 heteroatoms. The third kappa shape index (κ3) is 48.9. The summed E-state index contributed by atoms with van der Waals surface area (Å²) in [6, 6.07) is -1.03. The summed E-state index contributed by atoms with van der Waals surface area (Å²) >= 11 is 0. The smallest absolute Gasteiger partial charge is 0.306 e. The predicted molar refractivity (Wildman–Crippen MR) is 356 cm³/mol. The second-order valence-electron chi connectivity index (χ2n) is 25.0. The molecule has 0 spiro atoms. The van der Waals surface area contributed by atoms with Crippen LogP contribution >= 0.6 is 0 Å². The van der Waals surface area contributed by atoms with Gasteiger partial charge in [-0.25, -0.2) is 0 Å². The van der Waals surface area contributed by atoms with E-state index in [0.717, 1.165) is 83.5 Å². The van der Waals surface area contributed by atoms with E-state index in [2.05, 4.69) is 74.7 Å². The van der Waals surface area contributed by atoms with Crippen molar-refractivity contribution in [1.82, 2.24) is 5.32 Å². The van der Waals surface area contributed by atoms with Crippen molar-refractivity contribution in [2.24, 2.45) is 0 Å². The number of carbonyl (C=O) groups is 2. The van der Waals surface area contributed by atoms with Gasteiger partial charge in [0.1, 0.15) is 24.4 Å². The molecule has 0 saturated carbocycles. The third-order valence-corrected chi connectivity index (χ3v) is 16.9. The van der Waals surface area contributed by atoms with Gasteiger partial charge in [0.05, 0.1) is 25.4 Å². The number of allylic oxidation sites excluding steroid dienone is 9. The van der Waals surface area contributed by atoms with E-state index < -0.39 is 67.4 Å². The lowest BCUT2D eigenvalue weighted by atomic mass is 9.99. The van der Waals surface area contributed by atoms with Gasteiger partial charge in [0.25, 0.3) is 0 Å². The van der Waals surface area contributed by atoms with Gasteiger partial charge in [0.15, 0.2) is 12.4 Å². The maximum absolute atomic E-state index is 13.5. The molecule has 496 valence electrons. The molecule has 1 aliphatic rings. The molecule has 0 radical (unpaired) electrons. The largest absolute Gasteiger partial charge is 0.454 e. The number of aliphatic hydroxyl groups excluding tert-OH is 5. The van der Waals surface area contributed by atoms with Gasteiger partial charge in [-0.15, -0.1) is 0 Å². The van der Waals surface area contributed by atoms with Crippen LogP contribution in [0.25, 0.3) is 0 Å². The van der Waals surface area contributed by atoms with Gasteiger partial charge in [-0.05, 0) is 70.6 Å². The number of amides is 1. The Morgan fingerprint density at radius 3 is 1.24 bits per heavy atom. The van der Waals surface area contributed by atoms with E-state index in [1.54, 1.807) is 6.08 Å². The summed E-state index contributed by atoms with van der Waals surface area (Å²) in [6.45, 7) is 5.80. The first-order valence-corrected chi connectivity index (χ1v) is 36.1. The highest BCUT2D eigenvalue weighted by molar-refractivity contribution is 5.80. The summed E-state index contributed by atoms with van der Waals surface area (Å²) in [5.74, 6) is -1.19. The number of nitrogens with one attached hydrogen (secondary N) is 1. The molecule has 0 aromatic heterocycles. The van der Waals surface area contributed by atoms with E-state index in [4.69, 9.17) is 14.2 Å². The zero-order valence-corrected chi connectivity index (χ0v) is 55.2. The van der Waals surface area contributed by atoms with Crippen molar-refractivity contribution in [1.29, 1.82) is 0 Å². The summed E-state index contributed by atoms with van der Waals surface area (Å²) in [6.07, 6.45) is 68.3. The fraction of sp³-hybridized carbons (Fsp3) is 0.838. The van der Waals surface area contributed by atoms with Gasteiger partial charge in [-0.3, -0.25) is 9.59 Å². The highest BCUT2D eigenvalue weighted by Crippen LogP contribution is 2.26. The summed E-state index contributed by atoms with van der Waals surface area (Å²) < 4.78 is 17.7. The molecule has 1 saturated heterocycles. The van der Waals surface area contributed by atoms with E-state index in [9.17, 15) is 35.1 Å². The Labute approximate surface area is 522 Å². The number of rotatable bonds is 62. The number of ether oxygens (including phenoxy) is 3. The Hall–Kier alpha value is -2.64. The zero-order chi connectivity index (χ0) is 61.7. The number of unbranched alkanes of at least 4 members (excludes halogenated alkanes) is 40. The molecule has 11 nitrogen and oxygen atoms in total. The number of hydrogen-bond donors (Lipinski definition) is 6. The Morgan fingerprint density at radius 1 is 0.459 bits per heavy atom. The Morgan fingerprint density at radius 2 is 0.812 bits per heavy atom. The van der Waals surface area contributed by atoms with E-state index in [1.165, 1.54) is 205 Å². The van der Waals surface area contributed by atoms with Crippen LogP contribution in [0.1, 0.15) is 335 Å². The molecule has 0 aliphatic carbocycles. The lowest BCUT2D eigenvalue weighted by Gasteiger charge is -2.41. The Bertz CT molecular complexity index is 1620. The van der Waals surface area contributed by atoms with Gasteiger partial charge >= 0.3 is 5.97 Å². The first-order chi connectivity index (χ1) is 41.7. The van der Waals surface area contributed by atoms with Crippen molar-refractivity contribution >= 4 is 11.9 Å². The molecule has 1 rings (SSSR count).